The first-order valence-electron chi connectivity index (χ1n) is 6.63. The second-order valence-corrected chi connectivity index (χ2v) is 4.89. The molecular weight excluding hydrogens is 241 g/mol. The number of nitrogens with one attached hydrogen (secondary N) is 1. The van der Waals surface area contributed by atoms with Gasteiger partial charge >= 0.3 is 0 Å². The summed E-state index contributed by atoms with van der Waals surface area (Å²) < 4.78 is 14.3. The summed E-state index contributed by atoms with van der Waals surface area (Å²) >= 11 is 0. The van der Waals surface area contributed by atoms with E-state index in [1.807, 2.05) is 30.3 Å². The highest BCUT2D eigenvalue weighted by atomic mass is 19.1. The minimum atomic E-state index is -0.289. The lowest BCUT2D eigenvalue weighted by atomic mass is 9.82. The predicted octanol–water partition coefficient (Wildman–Crippen LogP) is 3.50. The van der Waals surface area contributed by atoms with E-state index in [0.717, 1.165) is 18.4 Å². The van der Waals surface area contributed by atoms with E-state index in [0.29, 0.717) is 18.1 Å². The summed E-state index contributed by atoms with van der Waals surface area (Å²) in [7, 11) is 0. The minimum Gasteiger partial charge on any atom is -0.363 e. The molecule has 0 bridgehead atoms. The Balaban J connectivity index is 1.74. The summed E-state index contributed by atoms with van der Waals surface area (Å²) in [6.45, 7) is 0.568. The average Bonchev–Trinajstić information content (AvgIpc) is 2.39. The second kappa shape index (κ2) is 5.34. The Morgan fingerprint density at radius 2 is 1.95 bits per heavy atom. The minimum absolute atomic E-state index is 0.278. The summed E-state index contributed by atoms with van der Waals surface area (Å²) in [5.41, 5.74) is 1.67. The third-order valence-corrected chi connectivity index (χ3v) is 3.61. The van der Waals surface area contributed by atoms with Crippen molar-refractivity contribution in [1.82, 2.24) is 9.97 Å². The van der Waals surface area contributed by atoms with Crippen LogP contribution >= 0.6 is 0 Å². The van der Waals surface area contributed by atoms with Gasteiger partial charge in [0.25, 0.3) is 0 Å². The molecule has 2 aromatic rings. The monoisotopic (exact) mass is 257 g/mol. The van der Waals surface area contributed by atoms with Crippen LogP contribution in [-0.2, 0) is 6.54 Å². The summed E-state index contributed by atoms with van der Waals surface area (Å²) in [4.78, 5) is 8.09. The molecule has 0 unspecified atom stereocenters. The Labute approximate surface area is 111 Å². The van der Waals surface area contributed by atoms with Gasteiger partial charge in [0.2, 0.25) is 0 Å². The Bertz CT molecular complexity index is 553. The first-order valence-corrected chi connectivity index (χ1v) is 6.63. The SMILES string of the molecule is Fc1c(NCc2ccccc2)ncnc1C1CCC1. The van der Waals surface area contributed by atoms with Crippen LogP contribution in [0.4, 0.5) is 10.2 Å². The molecule has 1 saturated carbocycles. The number of nitrogens with zero attached hydrogens (tertiary/aromatic N) is 2. The normalized spacial score (nSPS) is 15.0. The highest BCUT2D eigenvalue weighted by Crippen LogP contribution is 2.37. The van der Waals surface area contributed by atoms with Crippen LogP contribution in [0.2, 0.25) is 0 Å². The van der Waals surface area contributed by atoms with Crippen molar-refractivity contribution in [1.29, 1.82) is 0 Å². The molecule has 1 aromatic carbocycles. The molecule has 0 amide bonds. The molecule has 1 fully saturated rings. The summed E-state index contributed by atoms with van der Waals surface area (Å²) in [6, 6.07) is 9.89. The van der Waals surface area contributed by atoms with Gasteiger partial charge in [-0.2, -0.15) is 0 Å². The molecule has 1 aliphatic carbocycles. The third-order valence-electron chi connectivity index (χ3n) is 3.61. The van der Waals surface area contributed by atoms with Crippen LogP contribution in [0, 0.1) is 5.82 Å². The zero-order valence-electron chi connectivity index (χ0n) is 10.6. The smallest absolute Gasteiger partial charge is 0.187 e. The molecule has 98 valence electrons. The molecule has 0 aliphatic heterocycles. The van der Waals surface area contributed by atoms with Crippen LogP contribution in [0.1, 0.15) is 36.4 Å². The molecule has 0 saturated heterocycles. The van der Waals surface area contributed by atoms with Crippen molar-refractivity contribution in [3.8, 4) is 0 Å². The van der Waals surface area contributed by atoms with Crippen molar-refractivity contribution >= 4 is 5.82 Å². The maximum absolute atomic E-state index is 14.3. The van der Waals surface area contributed by atoms with Crippen molar-refractivity contribution in [2.24, 2.45) is 0 Å². The van der Waals surface area contributed by atoms with Gasteiger partial charge in [-0.25, -0.2) is 14.4 Å². The summed E-state index contributed by atoms with van der Waals surface area (Å²) in [5.74, 6) is 0.296. The van der Waals surface area contributed by atoms with E-state index in [4.69, 9.17) is 0 Å². The predicted molar refractivity (Wildman–Crippen MR) is 72.4 cm³/mol. The van der Waals surface area contributed by atoms with Gasteiger partial charge in [0.15, 0.2) is 11.6 Å². The number of halogens is 1. The van der Waals surface area contributed by atoms with Gasteiger partial charge in [-0.15, -0.1) is 0 Å². The molecule has 1 N–H and O–H groups in total. The standard InChI is InChI=1S/C15H16FN3/c16-13-14(12-7-4-8-12)18-10-19-15(13)17-9-11-5-2-1-3-6-11/h1-3,5-6,10,12H,4,7-9H2,(H,17,18,19). The van der Waals surface area contributed by atoms with Gasteiger partial charge in [0.1, 0.15) is 6.33 Å². The van der Waals surface area contributed by atoms with E-state index in [-0.39, 0.29) is 11.7 Å². The molecule has 4 heteroatoms. The molecule has 3 rings (SSSR count). The van der Waals surface area contributed by atoms with E-state index in [1.54, 1.807) is 0 Å². The van der Waals surface area contributed by atoms with Crippen molar-refractivity contribution in [3.63, 3.8) is 0 Å². The molecule has 1 aliphatic rings. The average molecular weight is 257 g/mol. The molecule has 1 heterocycles. The zero-order valence-corrected chi connectivity index (χ0v) is 10.6. The molecular formula is C15H16FN3. The van der Waals surface area contributed by atoms with Crippen molar-refractivity contribution in [2.45, 2.75) is 31.7 Å². The highest BCUT2D eigenvalue weighted by molar-refractivity contribution is 5.39. The van der Waals surface area contributed by atoms with Crippen LogP contribution in [0.5, 0.6) is 0 Å². The van der Waals surface area contributed by atoms with Crippen molar-refractivity contribution < 1.29 is 4.39 Å². The number of benzene rings is 1. The fourth-order valence-electron chi connectivity index (χ4n) is 2.25. The van der Waals surface area contributed by atoms with Crippen LogP contribution in [0.3, 0.4) is 0 Å². The topological polar surface area (TPSA) is 37.8 Å². The molecule has 0 spiro atoms. The van der Waals surface area contributed by atoms with Crippen LogP contribution in [-0.4, -0.2) is 9.97 Å². The summed E-state index contributed by atoms with van der Waals surface area (Å²) in [6.07, 6.45) is 4.68. The van der Waals surface area contributed by atoms with E-state index >= 15 is 0 Å². The number of anilines is 1. The van der Waals surface area contributed by atoms with Gasteiger partial charge < -0.3 is 5.32 Å². The lowest BCUT2D eigenvalue weighted by Gasteiger charge is -2.25. The Morgan fingerprint density at radius 3 is 2.63 bits per heavy atom. The second-order valence-electron chi connectivity index (χ2n) is 4.89. The fourth-order valence-corrected chi connectivity index (χ4v) is 2.25. The summed E-state index contributed by atoms with van der Waals surface area (Å²) in [5, 5.41) is 3.05. The van der Waals surface area contributed by atoms with Crippen molar-refractivity contribution in [2.75, 3.05) is 5.32 Å². The first kappa shape index (κ1) is 12.1. The van der Waals surface area contributed by atoms with Crippen LogP contribution < -0.4 is 5.32 Å². The third kappa shape index (κ3) is 2.57. The number of hydrogen-bond acceptors (Lipinski definition) is 3. The maximum Gasteiger partial charge on any atom is 0.187 e. The number of rotatable bonds is 4. The van der Waals surface area contributed by atoms with Gasteiger partial charge in [-0.05, 0) is 18.4 Å². The first-order chi connectivity index (χ1) is 9.34. The quantitative estimate of drug-likeness (QED) is 0.911. The van der Waals surface area contributed by atoms with Gasteiger partial charge in [-0.3, -0.25) is 0 Å². The van der Waals surface area contributed by atoms with Crippen LogP contribution in [0.25, 0.3) is 0 Å². The lowest BCUT2D eigenvalue weighted by Crippen LogP contribution is -2.15. The number of aromatic nitrogens is 2. The molecule has 19 heavy (non-hydrogen) atoms. The fraction of sp³-hybridized carbons (Fsp3) is 0.333. The Morgan fingerprint density at radius 1 is 1.16 bits per heavy atom. The Kier molecular flexibility index (Phi) is 3.40. The maximum atomic E-state index is 14.3. The zero-order chi connectivity index (χ0) is 13.1. The lowest BCUT2D eigenvalue weighted by molar-refractivity contribution is 0.393. The molecule has 3 nitrogen and oxygen atoms in total. The highest BCUT2D eigenvalue weighted by Gasteiger charge is 2.25. The van der Waals surface area contributed by atoms with Crippen molar-refractivity contribution in [3.05, 3.63) is 53.7 Å². The number of hydrogen-bond donors (Lipinski definition) is 1. The van der Waals surface area contributed by atoms with Gasteiger partial charge in [0, 0.05) is 12.5 Å². The van der Waals surface area contributed by atoms with E-state index in [1.165, 1.54) is 12.7 Å². The van der Waals surface area contributed by atoms with Gasteiger partial charge in [0.05, 0.1) is 5.69 Å². The van der Waals surface area contributed by atoms with E-state index < -0.39 is 0 Å². The molecule has 1 aromatic heterocycles. The van der Waals surface area contributed by atoms with E-state index in [2.05, 4.69) is 15.3 Å². The molecule has 0 radical (unpaired) electrons. The van der Waals surface area contributed by atoms with Gasteiger partial charge in [-0.1, -0.05) is 36.8 Å². The van der Waals surface area contributed by atoms with E-state index in [9.17, 15) is 4.39 Å². The Hall–Kier alpha value is -1.97. The van der Waals surface area contributed by atoms with Crippen LogP contribution in [0.15, 0.2) is 36.7 Å². The largest absolute Gasteiger partial charge is 0.363 e. The molecule has 0 atom stereocenters.